The summed E-state index contributed by atoms with van der Waals surface area (Å²) in [6.07, 6.45) is -2.40. The SMILES string of the molecule is O=C(Cn1cnc2sccc2c1=O)N1CCN(c2ncc(C(F)(F)F)cc2Cl)CC1. The second-order valence-corrected chi connectivity index (χ2v) is 8.01. The van der Waals surface area contributed by atoms with Crippen LogP contribution in [-0.2, 0) is 17.5 Å². The molecule has 0 N–H and O–H groups in total. The smallest absolute Gasteiger partial charge is 0.352 e. The molecule has 1 aliphatic heterocycles. The second-order valence-electron chi connectivity index (χ2n) is 6.71. The lowest BCUT2D eigenvalue weighted by atomic mass is 10.2. The first-order valence-electron chi connectivity index (χ1n) is 8.92. The van der Waals surface area contributed by atoms with Crippen LogP contribution in [0.25, 0.3) is 10.2 Å². The van der Waals surface area contributed by atoms with Gasteiger partial charge in [0.2, 0.25) is 5.91 Å². The summed E-state index contributed by atoms with van der Waals surface area (Å²) in [4.78, 5) is 37.0. The number of piperazine rings is 1. The Morgan fingerprint density at radius 2 is 1.93 bits per heavy atom. The van der Waals surface area contributed by atoms with Gasteiger partial charge in [-0.05, 0) is 17.5 Å². The fourth-order valence-corrected chi connectivity index (χ4v) is 4.25. The highest BCUT2D eigenvalue weighted by Crippen LogP contribution is 2.33. The molecule has 1 amide bonds. The first kappa shape index (κ1) is 20.6. The van der Waals surface area contributed by atoms with Crippen LogP contribution in [0.5, 0.6) is 0 Å². The summed E-state index contributed by atoms with van der Waals surface area (Å²) < 4.78 is 39.6. The number of alkyl halides is 3. The summed E-state index contributed by atoms with van der Waals surface area (Å²) in [7, 11) is 0. The van der Waals surface area contributed by atoms with E-state index in [-0.39, 0.29) is 28.9 Å². The van der Waals surface area contributed by atoms with Crippen LogP contribution >= 0.6 is 22.9 Å². The van der Waals surface area contributed by atoms with Gasteiger partial charge in [0.15, 0.2) is 0 Å². The van der Waals surface area contributed by atoms with E-state index in [9.17, 15) is 22.8 Å². The molecule has 0 unspecified atom stereocenters. The number of fused-ring (bicyclic) bond motifs is 1. The Balaban J connectivity index is 1.41. The number of halogens is 4. The summed E-state index contributed by atoms with van der Waals surface area (Å²) in [5, 5.41) is 2.15. The third-order valence-corrected chi connectivity index (χ3v) is 5.94. The average molecular weight is 458 g/mol. The van der Waals surface area contributed by atoms with E-state index in [1.807, 2.05) is 0 Å². The van der Waals surface area contributed by atoms with Crippen LogP contribution in [0.4, 0.5) is 19.0 Å². The molecule has 1 fully saturated rings. The Morgan fingerprint density at radius 3 is 2.60 bits per heavy atom. The van der Waals surface area contributed by atoms with Crippen molar-refractivity contribution in [3.8, 4) is 0 Å². The highest BCUT2D eigenvalue weighted by molar-refractivity contribution is 7.16. The fourth-order valence-electron chi connectivity index (χ4n) is 3.24. The van der Waals surface area contributed by atoms with E-state index >= 15 is 0 Å². The van der Waals surface area contributed by atoms with Gasteiger partial charge in [0.1, 0.15) is 17.2 Å². The molecule has 0 bridgehead atoms. The first-order valence-corrected chi connectivity index (χ1v) is 10.2. The van der Waals surface area contributed by atoms with Gasteiger partial charge in [0.05, 0.1) is 22.3 Å². The number of anilines is 1. The molecule has 3 aromatic heterocycles. The van der Waals surface area contributed by atoms with Crippen LogP contribution in [-0.4, -0.2) is 51.5 Å². The number of hydrogen-bond donors (Lipinski definition) is 0. The molecular formula is C18H15ClF3N5O2S. The van der Waals surface area contributed by atoms with Crippen LogP contribution in [0.3, 0.4) is 0 Å². The van der Waals surface area contributed by atoms with Gasteiger partial charge in [-0.15, -0.1) is 11.3 Å². The highest BCUT2D eigenvalue weighted by atomic mass is 35.5. The van der Waals surface area contributed by atoms with Gasteiger partial charge in [0.25, 0.3) is 5.56 Å². The lowest BCUT2D eigenvalue weighted by Crippen LogP contribution is -2.50. The van der Waals surface area contributed by atoms with E-state index in [4.69, 9.17) is 11.6 Å². The van der Waals surface area contributed by atoms with Crippen LogP contribution in [0.15, 0.2) is 34.8 Å². The molecule has 4 heterocycles. The molecule has 0 radical (unpaired) electrons. The number of carbonyl (C=O) groups is 1. The monoisotopic (exact) mass is 457 g/mol. The van der Waals surface area contributed by atoms with Crippen molar-refractivity contribution in [3.63, 3.8) is 0 Å². The molecule has 0 spiro atoms. The van der Waals surface area contributed by atoms with Gasteiger partial charge >= 0.3 is 6.18 Å². The first-order chi connectivity index (χ1) is 14.2. The molecule has 12 heteroatoms. The maximum absolute atomic E-state index is 12.8. The molecule has 30 heavy (non-hydrogen) atoms. The molecule has 3 aromatic rings. The standard InChI is InChI=1S/C18H15ClF3N5O2S/c19-13-7-11(18(20,21)22)8-23-15(13)26-4-2-25(3-5-26)14(28)9-27-10-24-16-12(17(27)29)1-6-30-16/h1,6-8,10H,2-5,9H2. The molecule has 0 saturated carbocycles. The molecule has 7 nitrogen and oxygen atoms in total. The van der Waals surface area contributed by atoms with Crippen molar-refractivity contribution < 1.29 is 18.0 Å². The van der Waals surface area contributed by atoms with E-state index in [0.29, 0.717) is 36.4 Å². The van der Waals surface area contributed by atoms with Crippen LogP contribution in [0.1, 0.15) is 5.56 Å². The van der Waals surface area contributed by atoms with Gasteiger partial charge in [-0.25, -0.2) is 9.97 Å². The predicted molar refractivity (Wildman–Crippen MR) is 107 cm³/mol. The molecule has 1 saturated heterocycles. The van der Waals surface area contributed by atoms with Crippen molar-refractivity contribution >= 4 is 44.9 Å². The van der Waals surface area contributed by atoms with Crippen molar-refractivity contribution in [3.05, 3.63) is 51.0 Å². The minimum absolute atomic E-state index is 0.0914. The fraction of sp³-hybridized carbons (Fsp3) is 0.333. The number of aromatic nitrogens is 3. The van der Waals surface area contributed by atoms with E-state index in [1.54, 1.807) is 21.2 Å². The quantitative estimate of drug-likeness (QED) is 0.605. The van der Waals surface area contributed by atoms with E-state index in [2.05, 4.69) is 9.97 Å². The molecule has 4 rings (SSSR count). The zero-order valence-corrected chi connectivity index (χ0v) is 17.0. The van der Waals surface area contributed by atoms with Gasteiger partial charge in [-0.1, -0.05) is 11.6 Å². The Kier molecular flexibility index (Phi) is 5.41. The topological polar surface area (TPSA) is 71.3 Å². The minimum Gasteiger partial charge on any atom is -0.352 e. The number of nitrogens with zero attached hydrogens (tertiary/aromatic N) is 5. The third-order valence-electron chi connectivity index (χ3n) is 4.84. The molecular weight excluding hydrogens is 443 g/mol. The maximum Gasteiger partial charge on any atom is 0.417 e. The average Bonchev–Trinajstić information content (AvgIpc) is 3.19. The number of rotatable bonds is 3. The normalized spacial score (nSPS) is 15.1. The van der Waals surface area contributed by atoms with Gasteiger partial charge in [-0.3, -0.25) is 14.2 Å². The van der Waals surface area contributed by atoms with Gasteiger partial charge in [-0.2, -0.15) is 13.2 Å². The largest absolute Gasteiger partial charge is 0.417 e. The van der Waals surface area contributed by atoms with Gasteiger partial charge < -0.3 is 9.80 Å². The summed E-state index contributed by atoms with van der Waals surface area (Å²) in [6.45, 7) is 1.26. The Labute approximate surface area is 177 Å². The summed E-state index contributed by atoms with van der Waals surface area (Å²) in [6, 6.07) is 2.53. The third kappa shape index (κ3) is 3.99. The number of hydrogen-bond acceptors (Lipinski definition) is 6. The van der Waals surface area contributed by atoms with Crippen molar-refractivity contribution in [2.45, 2.75) is 12.7 Å². The number of thiophene rings is 1. The van der Waals surface area contributed by atoms with E-state index in [0.717, 1.165) is 12.3 Å². The minimum atomic E-state index is -4.51. The Morgan fingerprint density at radius 1 is 1.20 bits per heavy atom. The maximum atomic E-state index is 12.8. The Hall–Kier alpha value is -2.66. The van der Waals surface area contributed by atoms with Crippen LogP contribution in [0, 0.1) is 0 Å². The van der Waals surface area contributed by atoms with Crippen LogP contribution < -0.4 is 10.5 Å². The zero-order valence-electron chi connectivity index (χ0n) is 15.4. The van der Waals surface area contributed by atoms with Crippen molar-refractivity contribution in [2.75, 3.05) is 31.1 Å². The van der Waals surface area contributed by atoms with E-state index in [1.165, 1.54) is 22.2 Å². The summed E-state index contributed by atoms with van der Waals surface area (Å²) in [5.74, 6) is 0.0136. The van der Waals surface area contributed by atoms with Crippen molar-refractivity contribution in [2.24, 2.45) is 0 Å². The summed E-state index contributed by atoms with van der Waals surface area (Å²) in [5.41, 5.74) is -1.18. The van der Waals surface area contributed by atoms with Crippen molar-refractivity contribution in [1.29, 1.82) is 0 Å². The Bertz CT molecular complexity index is 1150. The molecule has 0 aromatic carbocycles. The second kappa shape index (κ2) is 7.88. The molecule has 0 atom stereocenters. The van der Waals surface area contributed by atoms with E-state index < -0.39 is 11.7 Å². The lowest BCUT2D eigenvalue weighted by Gasteiger charge is -2.35. The molecule has 0 aliphatic carbocycles. The van der Waals surface area contributed by atoms with Crippen LogP contribution in [0.2, 0.25) is 5.02 Å². The van der Waals surface area contributed by atoms with Crippen molar-refractivity contribution in [1.82, 2.24) is 19.4 Å². The predicted octanol–water partition coefficient (Wildman–Crippen LogP) is 2.87. The molecule has 158 valence electrons. The number of amides is 1. The number of carbonyl (C=O) groups excluding carboxylic acids is 1. The van der Waals surface area contributed by atoms with Gasteiger partial charge in [0, 0.05) is 32.4 Å². The molecule has 1 aliphatic rings. The number of pyridine rings is 1. The summed E-state index contributed by atoms with van der Waals surface area (Å²) >= 11 is 7.36. The highest BCUT2D eigenvalue weighted by Gasteiger charge is 2.32. The lowest BCUT2D eigenvalue weighted by molar-refractivity contribution is -0.138. The zero-order chi connectivity index (χ0) is 21.5.